The molecule has 0 fully saturated rings. The molecule has 0 aliphatic rings. The fraction of sp³-hybridized carbons (Fsp3) is 0.417. The highest BCUT2D eigenvalue weighted by Crippen LogP contribution is 2.02. The Bertz CT molecular complexity index is 260. The van der Waals surface area contributed by atoms with Crippen molar-refractivity contribution in [1.29, 1.82) is 0 Å². The number of carbonyl (C=O) groups is 1. The maximum atomic E-state index is 11.0. The van der Waals surface area contributed by atoms with E-state index < -0.39 is 0 Å². The summed E-state index contributed by atoms with van der Waals surface area (Å²) in [6, 6.07) is 9.67. The van der Waals surface area contributed by atoms with Gasteiger partial charge in [-0.1, -0.05) is 44.2 Å². The summed E-state index contributed by atoms with van der Waals surface area (Å²) in [5.74, 6) is 0.267. The molecule has 0 aliphatic carbocycles. The van der Waals surface area contributed by atoms with E-state index in [1.807, 2.05) is 50.4 Å². The van der Waals surface area contributed by atoms with E-state index in [9.17, 15) is 4.79 Å². The van der Waals surface area contributed by atoms with Crippen LogP contribution in [-0.2, 0) is 16.1 Å². The lowest BCUT2D eigenvalue weighted by Crippen LogP contribution is -2.06. The second-order valence-corrected chi connectivity index (χ2v) is 3.45. The minimum atomic E-state index is -0.156. The van der Waals surface area contributed by atoms with Crippen LogP contribution in [0.3, 0.4) is 0 Å². The highest BCUT2D eigenvalue weighted by atomic mass is 32.2. The van der Waals surface area contributed by atoms with Crippen LogP contribution in [0.2, 0.25) is 0 Å². The Morgan fingerprint density at radius 3 is 2.40 bits per heavy atom. The van der Waals surface area contributed by atoms with Crippen molar-refractivity contribution >= 4 is 17.7 Å². The van der Waals surface area contributed by atoms with Crippen LogP contribution in [-0.4, -0.2) is 18.0 Å². The van der Waals surface area contributed by atoms with Crippen LogP contribution >= 0.6 is 11.8 Å². The molecule has 0 aromatic heterocycles. The second-order valence-electron chi connectivity index (χ2n) is 2.58. The van der Waals surface area contributed by atoms with E-state index in [4.69, 9.17) is 4.74 Å². The van der Waals surface area contributed by atoms with E-state index >= 15 is 0 Å². The van der Waals surface area contributed by atoms with Gasteiger partial charge in [0, 0.05) is 0 Å². The number of carbonyl (C=O) groups excluding carboxylic acids is 1. The van der Waals surface area contributed by atoms with Crippen molar-refractivity contribution in [3.63, 3.8) is 0 Å². The standard InChI is InChI=1S/C10H12O2S.C2H6/c1-13-8-10(11)12-7-9-5-3-2-4-6-9;1-2/h2-6H,7-8H2,1H3;1-2H3. The van der Waals surface area contributed by atoms with Gasteiger partial charge in [0.1, 0.15) is 6.61 Å². The molecule has 0 radical (unpaired) electrons. The molecule has 15 heavy (non-hydrogen) atoms. The van der Waals surface area contributed by atoms with E-state index in [1.54, 1.807) is 0 Å². The molecule has 0 spiro atoms. The quantitative estimate of drug-likeness (QED) is 0.738. The fourth-order valence-electron chi connectivity index (χ4n) is 0.898. The molecular formula is C12H18O2S. The lowest BCUT2D eigenvalue weighted by Gasteiger charge is -2.02. The minimum Gasteiger partial charge on any atom is -0.460 e. The molecule has 0 saturated heterocycles. The van der Waals surface area contributed by atoms with Crippen molar-refractivity contribution in [2.75, 3.05) is 12.0 Å². The Labute approximate surface area is 96.0 Å². The van der Waals surface area contributed by atoms with Crippen LogP contribution in [0, 0.1) is 0 Å². The van der Waals surface area contributed by atoms with Crippen LogP contribution in [0.25, 0.3) is 0 Å². The molecule has 0 amide bonds. The Balaban J connectivity index is 0.000000921. The molecule has 84 valence electrons. The molecule has 0 aliphatic heterocycles. The summed E-state index contributed by atoms with van der Waals surface area (Å²) < 4.78 is 5.01. The topological polar surface area (TPSA) is 26.3 Å². The lowest BCUT2D eigenvalue weighted by molar-refractivity contribution is -0.141. The summed E-state index contributed by atoms with van der Waals surface area (Å²) in [6.45, 7) is 4.38. The normalized spacial score (nSPS) is 8.73. The Hall–Kier alpha value is -0.960. The van der Waals surface area contributed by atoms with E-state index in [2.05, 4.69) is 0 Å². The third kappa shape index (κ3) is 7.03. The summed E-state index contributed by atoms with van der Waals surface area (Å²) in [7, 11) is 0. The fourth-order valence-corrected chi connectivity index (χ4v) is 1.22. The lowest BCUT2D eigenvalue weighted by atomic mass is 10.2. The summed E-state index contributed by atoms with van der Waals surface area (Å²) in [5, 5.41) is 0. The van der Waals surface area contributed by atoms with Gasteiger partial charge >= 0.3 is 5.97 Å². The van der Waals surface area contributed by atoms with Gasteiger partial charge < -0.3 is 4.74 Å². The molecule has 1 aromatic carbocycles. The average Bonchev–Trinajstić information content (AvgIpc) is 2.31. The number of ether oxygens (including phenoxy) is 1. The molecule has 1 rings (SSSR count). The predicted octanol–water partition coefficient (Wildman–Crippen LogP) is 3.12. The molecule has 0 atom stereocenters. The van der Waals surface area contributed by atoms with Gasteiger partial charge in [-0.25, -0.2) is 0 Å². The predicted molar refractivity (Wildman–Crippen MR) is 66.0 cm³/mol. The second kappa shape index (κ2) is 9.59. The van der Waals surface area contributed by atoms with Crippen LogP contribution in [0.1, 0.15) is 19.4 Å². The molecule has 2 nitrogen and oxygen atoms in total. The van der Waals surface area contributed by atoms with Gasteiger partial charge in [-0.05, 0) is 11.8 Å². The third-order valence-electron chi connectivity index (χ3n) is 1.50. The minimum absolute atomic E-state index is 0.156. The molecule has 0 heterocycles. The van der Waals surface area contributed by atoms with E-state index in [0.29, 0.717) is 12.4 Å². The van der Waals surface area contributed by atoms with Crippen LogP contribution in [0.5, 0.6) is 0 Å². The number of rotatable bonds is 4. The van der Waals surface area contributed by atoms with Crippen LogP contribution < -0.4 is 0 Å². The van der Waals surface area contributed by atoms with Crippen LogP contribution in [0.15, 0.2) is 30.3 Å². The van der Waals surface area contributed by atoms with Crippen molar-refractivity contribution in [2.24, 2.45) is 0 Å². The SMILES string of the molecule is CC.CSCC(=O)OCc1ccccc1. The highest BCUT2D eigenvalue weighted by molar-refractivity contribution is 7.99. The zero-order valence-corrected chi connectivity index (χ0v) is 10.3. The van der Waals surface area contributed by atoms with Crippen molar-refractivity contribution in [3.05, 3.63) is 35.9 Å². The zero-order valence-electron chi connectivity index (χ0n) is 9.53. The zero-order chi connectivity index (χ0) is 11.5. The summed E-state index contributed by atoms with van der Waals surface area (Å²) in [6.07, 6.45) is 1.88. The van der Waals surface area contributed by atoms with Gasteiger partial charge in [0.15, 0.2) is 0 Å². The van der Waals surface area contributed by atoms with E-state index in [0.717, 1.165) is 5.56 Å². The van der Waals surface area contributed by atoms with Crippen molar-refractivity contribution in [2.45, 2.75) is 20.5 Å². The molecule has 0 bridgehead atoms. The summed E-state index contributed by atoms with van der Waals surface area (Å²) in [5.41, 5.74) is 1.02. The maximum Gasteiger partial charge on any atom is 0.316 e. The van der Waals surface area contributed by atoms with Gasteiger partial charge in [0.05, 0.1) is 5.75 Å². The van der Waals surface area contributed by atoms with E-state index in [1.165, 1.54) is 11.8 Å². The Morgan fingerprint density at radius 1 is 1.27 bits per heavy atom. The molecule has 0 N–H and O–H groups in total. The van der Waals surface area contributed by atoms with Crippen molar-refractivity contribution < 1.29 is 9.53 Å². The third-order valence-corrected chi connectivity index (χ3v) is 2.03. The average molecular weight is 226 g/mol. The maximum absolute atomic E-state index is 11.0. The largest absolute Gasteiger partial charge is 0.460 e. The first-order chi connectivity index (χ1) is 7.33. The highest BCUT2D eigenvalue weighted by Gasteiger charge is 2.00. The first kappa shape index (κ1) is 14.0. The number of thioether (sulfide) groups is 1. The van der Waals surface area contributed by atoms with Gasteiger partial charge in [-0.2, -0.15) is 11.8 Å². The number of esters is 1. The number of benzene rings is 1. The molecule has 3 heteroatoms. The molecule has 1 aromatic rings. The number of hydrogen-bond acceptors (Lipinski definition) is 3. The monoisotopic (exact) mass is 226 g/mol. The van der Waals surface area contributed by atoms with Gasteiger partial charge in [0.2, 0.25) is 0 Å². The first-order valence-electron chi connectivity index (χ1n) is 5.01. The van der Waals surface area contributed by atoms with Crippen LogP contribution in [0.4, 0.5) is 0 Å². The molecule has 0 unspecified atom stereocenters. The van der Waals surface area contributed by atoms with Crippen molar-refractivity contribution in [3.8, 4) is 0 Å². The first-order valence-corrected chi connectivity index (χ1v) is 6.41. The van der Waals surface area contributed by atoms with Gasteiger partial charge in [-0.3, -0.25) is 4.79 Å². The van der Waals surface area contributed by atoms with Gasteiger partial charge in [-0.15, -0.1) is 0 Å². The Kier molecular flexibility index (Phi) is 8.98. The number of hydrogen-bond donors (Lipinski definition) is 0. The Morgan fingerprint density at radius 2 is 1.87 bits per heavy atom. The van der Waals surface area contributed by atoms with E-state index in [-0.39, 0.29) is 5.97 Å². The van der Waals surface area contributed by atoms with Crippen molar-refractivity contribution in [1.82, 2.24) is 0 Å². The molecular weight excluding hydrogens is 208 g/mol. The summed E-state index contributed by atoms with van der Waals surface area (Å²) in [4.78, 5) is 11.0. The summed E-state index contributed by atoms with van der Waals surface area (Å²) >= 11 is 1.47. The van der Waals surface area contributed by atoms with Gasteiger partial charge in [0.25, 0.3) is 0 Å². The molecule has 0 saturated carbocycles. The smallest absolute Gasteiger partial charge is 0.316 e.